The van der Waals surface area contributed by atoms with Gasteiger partial charge < -0.3 is 30.2 Å². The molecule has 0 saturated heterocycles. The first-order valence-corrected chi connectivity index (χ1v) is 14.8. The SMILES string of the molecule is O=C(O)CN(CCN(CCN(CC(=O)O)C(Cc1ccccc1)C(=O)O)CP(=O)(O)O)C(Cc1ccccc1)C(=O)O. The van der Waals surface area contributed by atoms with Crippen molar-refractivity contribution < 1.29 is 54.0 Å². The molecule has 2 atom stereocenters. The van der Waals surface area contributed by atoms with Gasteiger partial charge in [0.15, 0.2) is 0 Å². The summed E-state index contributed by atoms with van der Waals surface area (Å²) in [6.07, 6.45) is -0.829. The molecule has 0 amide bonds. The maximum atomic E-state index is 12.1. The van der Waals surface area contributed by atoms with Gasteiger partial charge in [-0.2, -0.15) is 0 Å². The normalized spacial score (nSPS) is 13.3. The van der Waals surface area contributed by atoms with Crippen molar-refractivity contribution in [3.8, 4) is 0 Å². The Hall–Kier alpha value is -3.65. The molecule has 0 aromatic heterocycles. The Morgan fingerprint density at radius 3 is 1.26 bits per heavy atom. The van der Waals surface area contributed by atoms with Crippen LogP contribution in [-0.4, -0.2) is 126 Å². The predicted octanol–water partition coefficient (Wildman–Crippen LogP) is 0.589. The number of hydrogen-bond donors (Lipinski definition) is 6. The van der Waals surface area contributed by atoms with Gasteiger partial charge >= 0.3 is 31.5 Å². The second kappa shape index (κ2) is 16.7. The zero-order valence-electron chi connectivity index (χ0n) is 22.8. The summed E-state index contributed by atoms with van der Waals surface area (Å²) in [5, 5.41) is 38.6. The van der Waals surface area contributed by atoms with Crippen LogP contribution < -0.4 is 0 Å². The van der Waals surface area contributed by atoms with Crippen molar-refractivity contribution >= 4 is 31.5 Å². The van der Waals surface area contributed by atoms with Gasteiger partial charge in [-0.3, -0.25) is 38.4 Å². The van der Waals surface area contributed by atoms with E-state index >= 15 is 0 Å². The van der Waals surface area contributed by atoms with Crippen molar-refractivity contribution in [1.29, 1.82) is 0 Å². The molecule has 0 radical (unpaired) electrons. The molecule has 0 fully saturated rings. The Balaban J connectivity index is 2.25. The Morgan fingerprint density at radius 1 is 0.619 bits per heavy atom. The van der Waals surface area contributed by atoms with E-state index in [0.29, 0.717) is 11.1 Å². The molecule has 0 saturated carbocycles. The summed E-state index contributed by atoms with van der Waals surface area (Å²) in [6.45, 7) is -2.10. The standard InChI is InChI=1S/C27H36N3O11P/c31-24(32)17-29(22(26(35)36)15-20-7-3-1-4-8-20)13-11-28(19-42(39,40)41)12-14-30(18-25(33)34)23(27(37)38)16-21-9-5-2-6-10-21/h1-10,22-23H,11-19H2,(H,31,32)(H,33,34)(H,35,36)(H,37,38)(H2,39,40,41). The highest BCUT2D eigenvalue weighted by Gasteiger charge is 2.31. The molecule has 2 unspecified atom stereocenters. The van der Waals surface area contributed by atoms with Crippen molar-refractivity contribution in [3.63, 3.8) is 0 Å². The van der Waals surface area contributed by atoms with Crippen LogP contribution in [0.25, 0.3) is 0 Å². The molecule has 0 heterocycles. The lowest BCUT2D eigenvalue weighted by Crippen LogP contribution is -2.51. The van der Waals surface area contributed by atoms with E-state index in [1.165, 1.54) is 14.7 Å². The minimum absolute atomic E-state index is 0.0197. The fourth-order valence-electron chi connectivity index (χ4n) is 4.51. The van der Waals surface area contributed by atoms with Crippen LogP contribution in [0.3, 0.4) is 0 Å². The molecule has 6 N–H and O–H groups in total. The summed E-state index contributed by atoms with van der Waals surface area (Å²) in [5.41, 5.74) is 1.30. The molecule has 2 aromatic carbocycles. The van der Waals surface area contributed by atoms with Crippen molar-refractivity contribution in [1.82, 2.24) is 14.7 Å². The van der Waals surface area contributed by atoms with Crippen molar-refractivity contribution in [3.05, 3.63) is 71.8 Å². The molecule has 0 aliphatic rings. The molecule has 14 nitrogen and oxygen atoms in total. The number of hydrogen-bond acceptors (Lipinski definition) is 8. The predicted molar refractivity (Wildman–Crippen MR) is 150 cm³/mol. The van der Waals surface area contributed by atoms with Gasteiger partial charge in [-0.25, -0.2) is 0 Å². The molecule has 0 aliphatic carbocycles. The molecular formula is C27H36N3O11P. The van der Waals surface area contributed by atoms with E-state index in [2.05, 4.69) is 0 Å². The van der Waals surface area contributed by atoms with Gasteiger partial charge in [-0.15, -0.1) is 0 Å². The largest absolute Gasteiger partial charge is 0.480 e. The number of nitrogens with zero attached hydrogens (tertiary/aromatic N) is 3. The molecule has 230 valence electrons. The first-order chi connectivity index (χ1) is 19.7. The van der Waals surface area contributed by atoms with Crippen LogP contribution >= 0.6 is 7.60 Å². The van der Waals surface area contributed by atoms with Gasteiger partial charge in [0.1, 0.15) is 18.4 Å². The first-order valence-electron chi connectivity index (χ1n) is 13.0. The number of carboxylic acids is 4. The van der Waals surface area contributed by atoms with Crippen LogP contribution in [0.4, 0.5) is 0 Å². The van der Waals surface area contributed by atoms with E-state index in [1.807, 2.05) is 0 Å². The average Bonchev–Trinajstić information content (AvgIpc) is 2.90. The summed E-state index contributed by atoms with van der Waals surface area (Å²) in [4.78, 5) is 70.3. The Bertz CT molecular complexity index is 1140. The van der Waals surface area contributed by atoms with Crippen molar-refractivity contribution in [2.45, 2.75) is 24.9 Å². The molecule has 2 aromatic rings. The quantitative estimate of drug-likeness (QED) is 0.113. The number of carbonyl (C=O) groups is 4. The molecule has 15 heteroatoms. The smallest absolute Gasteiger partial charge is 0.339 e. The number of aliphatic carboxylic acids is 4. The lowest BCUT2D eigenvalue weighted by atomic mass is 10.0. The van der Waals surface area contributed by atoms with Gasteiger partial charge in [0.25, 0.3) is 0 Å². The van der Waals surface area contributed by atoms with E-state index in [4.69, 9.17) is 0 Å². The van der Waals surface area contributed by atoms with E-state index in [0.717, 1.165) is 0 Å². The van der Waals surface area contributed by atoms with Crippen molar-refractivity contribution in [2.24, 2.45) is 0 Å². The minimum atomic E-state index is -4.67. The van der Waals surface area contributed by atoms with E-state index in [9.17, 15) is 54.0 Å². The van der Waals surface area contributed by atoms with Crippen molar-refractivity contribution in [2.75, 3.05) is 45.6 Å². The second-order valence-electron chi connectivity index (χ2n) is 9.74. The zero-order valence-corrected chi connectivity index (χ0v) is 23.7. The minimum Gasteiger partial charge on any atom is -0.480 e. The summed E-state index contributed by atoms with van der Waals surface area (Å²) >= 11 is 0. The third-order valence-electron chi connectivity index (χ3n) is 6.46. The number of carboxylic acid groups (broad SMARTS) is 4. The monoisotopic (exact) mass is 609 g/mol. The van der Waals surface area contributed by atoms with E-state index in [1.54, 1.807) is 60.7 Å². The third-order valence-corrected chi connectivity index (χ3v) is 7.23. The van der Waals surface area contributed by atoms with Gasteiger partial charge in [0.2, 0.25) is 0 Å². The average molecular weight is 610 g/mol. The molecule has 42 heavy (non-hydrogen) atoms. The van der Waals surface area contributed by atoms with Gasteiger partial charge in [0, 0.05) is 26.2 Å². The van der Waals surface area contributed by atoms with E-state index in [-0.39, 0.29) is 39.0 Å². The summed E-state index contributed by atoms with van der Waals surface area (Å²) in [5.74, 6) is -5.15. The maximum Gasteiger partial charge on any atom is 0.339 e. The van der Waals surface area contributed by atoms with Gasteiger partial charge in [0.05, 0.1) is 13.1 Å². The molecule has 2 rings (SSSR count). The van der Waals surface area contributed by atoms with Crippen LogP contribution in [0.2, 0.25) is 0 Å². The first kappa shape index (κ1) is 34.6. The highest BCUT2D eigenvalue weighted by molar-refractivity contribution is 7.51. The summed E-state index contributed by atoms with van der Waals surface area (Å²) in [7, 11) is -4.67. The van der Waals surface area contributed by atoms with E-state index < -0.39 is 62.9 Å². The van der Waals surface area contributed by atoms with Gasteiger partial charge in [-0.1, -0.05) is 60.7 Å². The lowest BCUT2D eigenvalue weighted by Gasteiger charge is -2.33. The fourth-order valence-corrected chi connectivity index (χ4v) is 5.31. The molecule has 0 spiro atoms. The number of benzene rings is 2. The summed E-state index contributed by atoms with van der Waals surface area (Å²) < 4.78 is 11.9. The van der Waals surface area contributed by atoms with Crippen LogP contribution in [0.1, 0.15) is 11.1 Å². The Kier molecular flexibility index (Phi) is 13.7. The molecule has 0 bridgehead atoms. The molecule has 0 aliphatic heterocycles. The summed E-state index contributed by atoms with van der Waals surface area (Å²) in [6, 6.07) is 14.6. The second-order valence-corrected chi connectivity index (χ2v) is 11.4. The topological polar surface area (TPSA) is 216 Å². The zero-order chi connectivity index (χ0) is 31.3. The highest BCUT2D eigenvalue weighted by Crippen LogP contribution is 2.35. The van der Waals surface area contributed by atoms with Crippen LogP contribution in [0, 0.1) is 0 Å². The third kappa shape index (κ3) is 12.9. The van der Waals surface area contributed by atoms with Crippen LogP contribution in [0.15, 0.2) is 60.7 Å². The Labute approximate surface area is 242 Å². The van der Waals surface area contributed by atoms with Gasteiger partial charge in [-0.05, 0) is 24.0 Å². The maximum absolute atomic E-state index is 12.1. The number of rotatable bonds is 20. The van der Waals surface area contributed by atoms with Crippen LogP contribution in [-0.2, 0) is 36.6 Å². The lowest BCUT2D eigenvalue weighted by molar-refractivity contribution is -0.147. The molecular weight excluding hydrogens is 573 g/mol. The Morgan fingerprint density at radius 2 is 0.976 bits per heavy atom. The van der Waals surface area contributed by atoms with Crippen LogP contribution in [0.5, 0.6) is 0 Å². The highest BCUT2D eigenvalue weighted by atomic mass is 31.2. The fraction of sp³-hybridized carbons (Fsp3) is 0.407.